The largest absolute Gasteiger partial charge is 0 e. The maximum atomic E-state index is 5.51. The van der Waals surface area contributed by atoms with Crippen LogP contribution in [-0.4, -0.2) is 40.0 Å². The number of hydrogen-bond acceptors (Lipinski definition) is 0. The molecule has 0 unspecified atom stereocenters. The van der Waals surface area contributed by atoms with Crippen molar-refractivity contribution in [2.45, 2.75) is 9.88 Å². The average Bonchev–Trinajstić information content (AvgIpc) is 0.722. The quantitative estimate of drug-likeness (QED) is 0.591. The molecule has 0 rings (SSSR count). The Bertz CT molecular complexity index is 25.0. The van der Waals surface area contributed by atoms with E-state index < -0.39 is 16.1 Å². The fourth-order valence-corrected chi connectivity index (χ4v) is 0. The minimum atomic E-state index is -2.24. The van der Waals surface area contributed by atoms with E-state index in [-0.39, 0.29) is 23.9 Å². The Morgan fingerprint density at radius 2 is 1.17 bits per heavy atom. The summed E-state index contributed by atoms with van der Waals surface area (Å²) < 4.78 is 0. The average molecular weight is 338 g/mol. The van der Waals surface area contributed by atoms with Crippen molar-refractivity contribution in [3.63, 3.8) is 0 Å². The van der Waals surface area contributed by atoms with Gasteiger partial charge in [0.1, 0.15) is 0 Å². The standard InChI is InChI=1S/2CH3.2ClH.2Sn/h2*1H3;2*1H;;/q;;;;;+2/p-2. The van der Waals surface area contributed by atoms with E-state index in [4.69, 9.17) is 17.8 Å². The molecular weight excluding hydrogens is 332 g/mol. The Hall–Kier alpha value is 2.18. The van der Waals surface area contributed by atoms with Gasteiger partial charge in [0.05, 0.1) is 0 Å². The molecule has 0 aromatic carbocycles. The molecule has 4 heteroatoms. The first-order valence-electron chi connectivity index (χ1n) is 1.38. The molecule has 0 bridgehead atoms. The van der Waals surface area contributed by atoms with Crippen LogP contribution in [0.3, 0.4) is 0 Å². The van der Waals surface area contributed by atoms with Gasteiger partial charge in [-0.15, -0.1) is 0 Å². The van der Waals surface area contributed by atoms with Gasteiger partial charge in [-0.2, -0.15) is 0 Å². The summed E-state index contributed by atoms with van der Waals surface area (Å²) in [6.45, 7) is 0. The maximum Gasteiger partial charge on any atom is 0 e. The molecule has 0 aromatic heterocycles. The summed E-state index contributed by atoms with van der Waals surface area (Å²) in [5, 5.41) is 0. The molecule has 0 saturated carbocycles. The zero-order valence-corrected chi connectivity index (χ0v) is 11.0. The third kappa shape index (κ3) is 34.9. The molecule has 0 aromatic rings. The van der Waals surface area contributed by atoms with Crippen molar-refractivity contribution in [3.8, 4) is 0 Å². The minimum absolute atomic E-state index is 0. The van der Waals surface area contributed by atoms with Crippen molar-refractivity contribution in [3.05, 3.63) is 0 Å². The van der Waals surface area contributed by atoms with Crippen LogP contribution in [-0.2, 0) is 0 Å². The Kier molecular flexibility index (Phi) is 7.54. The summed E-state index contributed by atoms with van der Waals surface area (Å²) >= 11 is -2.24. The van der Waals surface area contributed by atoms with Crippen LogP contribution in [0.1, 0.15) is 0 Å². The predicted octanol–water partition coefficient (Wildman–Crippen LogP) is 1.78. The molecule has 0 nitrogen and oxygen atoms in total. The van der Waals surface area contributed by atoms with Gasteiger partial charge in [0, 0.05) is 23.9 Å². The topological polar surface area (TPSA) is 0 Å². The molecule has 0 aliphatic carbocycles. The van der Waals surface area contributed by atoms with E-state index >= 15 is 0 Å². The number of rotatable bonds is 0. The van der Waals surface area contributed by atoms with Crippen molar-refractivity contribution < 1.29 is 0 Å². The Morgan fingerprint density at radius 3 is 1.17 bits per heavy atom. The van der Waals surface area contributed by atoms with Gasteiger partial charge >= 0.3 is 43.8 Å². The molecule has 0 N–H and O–H groups in total. The molecule has 0 atom stereocenters. The van der Waals surface area contributed by atoms with Crippen LogP contribution >= 0.6 is 17.8 Å². The smallest absolute Gasteiger partial charge is 0 e. The Labute approximate surface area is 66.8 Å². The Balaban J connectivity index is 0. The van der Waals surface area contributed by atoms with E-state index in [1.165, 1.54) is 0 Å². The van der Waals surface area contributed by atoms with Crippen LogP contribution in [0, 0.1) is 0 Å². The van der Waals surface area contributed by atoms with Crippen LogP contribution in [0.4, 0.5) is 0 Å². The van der Waals surface area contributed by atoms with E-state index in [1.807, 2.05) is 9.88 Å². The fraction of sp³-hybridized carbons (Fsp3) is 1.00. The van der Waals surface area contributed by atoms with Crippen LogP contribution < -0.4 is 0 Å². The molecule has 6 heavy (non-hydrogen) atoms. The van der Waals surface area contributed by atoms with Crippen LogP contribution in [0.2, 0.25) is 9.88 Å². The van der Waals surface area contributed by atoms with Gasteiger partial charge in [0.15, 0.2) is 0 Å². The van der Waals surface area contributed by atoms with E-state index in [9.17, 15) is 0 Å². The molecule has 0 fully saturated rings. The van der Waals surface area contributed by atoms with E-state index in [1.54, 1.807) is 0 Å². The van der Waals surface area contributed by atoms with Crippen LogP contribution in [0.5, 0.6) is 0 Å². The third-order valence-electron chi connectivity index (χ3n) is 0. The normalized spacial score (nSPS) is 10.0. The molecule has 0 spiro atoms. The van der Waals surface area contributed by atoms with E-state index in [2.05, 4.69) is 0 Å². The number of hydrogen-bond donors (Lipinski definition) is 0. The van der Waals surface area contributed by atoms with Gasteiger partial charge in [0.25, 0.3) is 0 Å². The second kappa shape index (κ2) is 4.10. The molecule has 0 heterocycles. The summed E-state index contributed by atoms with van der Waals surface area (Å²) in [6.07, 6.45) is 0. The van der Waals surface area contributed by atoms with Crippen LogP contribution in [0.15, 0.2) is 0 Å². The monoisotopic (exact) mass is 340 g/mol. The summed E-state index contributed by atoms with van der Waals surface area (Å²) in [5.41, 5.74) is 0. The zero-order valence-electron chi connectivity index (χ0n) is 3.76. The molecule has 0 aliphatic heterocycles. The van der Waals surface area contributed by atoms with Gasteiger partial charge in [0.2, 0.25) is 0 Å². The van der Waals surface area contributed by atoms with Crippen molar-refractivity contribution >= 4 is 57.9 Å². The number of halogens is 2. The predicted molar refractivity (Wildman–Crippen MR) is 34.9 cm³/mol. The van der Waals surface area contributed by atoms with Gasteiger partial charge in [-0.25, -0.2) is 0 Å². The van der Waals surface area contributed by atoms with Crippen molar-refractivity contribution in [2.75, 3.05) is 0 Å². The van der Waals surface area contributed by atoms with Gasteiger partial charge in [-0.3, -0.25) is 0 Å². The maximum absolute atomic E-state index is 5.51. The van der Waals surface area contributed by atoms with E-state index in [0.717, 1.165) is 0 Å². The fourth-order valence-electron chi connectivity index (χ4n) is 0. The first kappa shape index (κ1) is 11.0. The summed E-state index contributed by atoms with van der Waals surface area (Å²) in [7, 11) is 11.0. The molecular formula is C2H6Cl2Sn2. The molecule has 4 radical (unpaired) electrons. The van der Waals surface area contributed by atoms with Crippen molar-refractivity contribution in [2.24, 2.45) is 0 Å². The van der Waals surface area contributed by atoms with E-state index in [0.29, 0.717) is 0 Å². The van der Waals surface area contributed by atoms with Crippen molar-refractivity contribution in [1.29, 1.82) is 0 Å². The first-order valence-corrected chi connectivity index (χ1v) is 14.3. The molecule has 0 aliphatic rings. The second-order valence-electron chi connectivity index (χ2n) is 1.33. The van der Waals surface area contributed by atoms with Gasteiger partial charge in [-0.05, 0) is 0 Å². The SMILES string of the molecule is [CH3][Sn]([CH3])([Cl])[Cl].[Sn]. The second-order valence-corrected chi connectivity index (χ2v) is 22.9. The summed E-state index contributed by atoms with van der Waals surface area (Å²) in [6, 6.07) is 0. The van der Waals surface area contributed by atoms with Crippen LogP contribution in [0.25, 0.3) is 0 Å². The molecule has 36 valence electrons. The minimum Gasteiger partial charge on any atom is 0 e. The molecule has 0 saturated heterocycles. The third-order valence-corrected chi connectivity index (χ3v) is 0. The summed E-state index contributed by atoms with van der Waals surface area (Å²) in [4.78, 5) is 3.86. The van der Waals surface area contributed by atoms with Crippen molar-refractivity contribution in [1.82, 2.24) is 0 Å². The Morgan fingerprint density at radius 1 is 1.17 bits per heavy atom. The van der Waals surface area contributed by atoms with Gasteiger partial charge in [-0.1, -0.05) is 0 Å². The van der Waals surface area contributed by atoms with Gasteiger partial charge < -0.3 is 0 Å². The first-order chi connectivity index (χ1) is 2.00. The zero-order chi connectivity index (χ0) is 4.50. The summed E-state index contributed by atoms with van der Waals surface area (Å²) in [5.74, 6) is 0. The molecule has 0 amide bonds.